The number of hydrogen-bond acceptors (Lipinski definition) is 1. The highest BCUT2D eigenvalue weighted by Gasteiger charge is 2.01. The predicted molar refractivity (Wildman–Crippen MR) is 71.6 cm³/mol. The van der Waals surface area contributed by atoms with E-state index in [1.54, 1.807) is 0 Å². The standard InChI is InChI=1S/C15H21F2N/c1-11(2)18-6-4-5-12(3)7-13-8-14(16)10-15(17)9-13/h5,8-11,18H,4,6-7H2,1-3H3/b12-5-. The van der Waals surface area contributed by atoms with Crippen LogP contribution in [0.5, 0.6) is 0 Å². The van der Waals surface area contributed by atoms with Crippen LogP contribution in [0.15, 0.2) is 29.8 Å². The summed E-state index contributed by atoms with van der Waals surface area (Å²) in [6.07, 6.45) is 3.64. The summed E-state index contributed by atoms with van der Waals surface area (Å²) < 4.78 is 26.0. The molecule has 1 N–H and O–H groups in total. The number of allylic oxidation sites excluding steroid dienone is 1. The van der Waals surface area contributed by atoms with E-state index in [9.17, 15) is 8.78 Å². The van der Waals surface area contributed by atoms with Gasteiger partial charge in [-0.25, -0.2) is 8.78 Å². The topological polar surface area (TPSA) is 12.0 Å². The highest BCUT2D eigenvalue weighted by molar-refractivity contribution is 5.23. The van der Waals surface area contributed by atoms with Gasteiger partial charge < -0.3 is 5.32 Å². The molecular weight excluding hydrogens is 232 g/mol. The predicted octanol–water partition coefficient (Wildman–Crippen LogP) is 3.84. The largest absolute Gasteiger partial charge is 0.314 e. The van der Waals surface area contributed by atoms with Crippen molar-refractivity contribution < 1.29 is 8.78 Å². The van der Waals surface area contributed by atoms with Crippen molar-refractivity contribution in [3.8, 4) is 0 Å². The Hall–Kier alpha value is -1.22. The lowest BCUT2D eigenvalue weighted by Gasteiger charge is -2.06. The van der Waals surface area contributed by atoms with Gasteiger partial charge in [-0.3, -0.25) is 0 Å². The van der Waals surface area contributed by atoms with Gasteiger partial charge in [0, 0.05) is 12.1 Å². The average molecular weight is 253 g/mol. The lowest BCUT2D eigenvalue weighted by molar-refractivity contribution is 0.580. The van der Waals surface area contributed by atoms with E-state index in [4.69, 9.17) is 0 Å². The Bertz CT molecular complexity index is 391. The maximum Gasteiger partial charge on any atom is 0.126 e. The second-order valence-corrected chi connectivity index (χ2v) is 4.90. The van der Waals surface area contributed by atoms with E-state index >= 15 is 0 Å². The Kier molecular flexibility index (Phi) is 5.99. The van der Waals surface area contributed by atoms with Crippen LogP contribution in [0.4, 0.5) is 8.78 Å². The molecule has 1 aromatic rings. The van der Waals surface area contributed by atoms with Crippen LogP contribution in [0.25, 0.3) is 0 Å². The molecule has 0 saturated heterocycles. The van der Waals surface area contributed by atoms with Gasteiger partial charge in [-0.1, -0.05) is 25.5 Å². The van der Waals surface area contributed by atoms with Crippen LogP contribution < -0.4 is 5.32 Å². The SMILES string of the molecule is C/C(=C/CCNC(C)C)Cc1cc(F)cc(F)c1. The summed E-state index contributed by atoms with van der Waals surface area (Å²) in [5.74, 6) is -1.03. The lowest BCUT2D eigenvalue weighted by atomic mass is 10.1. The van der Waals surface area contributed by atoms with E-state index in [0.29, 0.717) is 18.0 Å². The van der Waals surface area contributed by atoms with Crippen LogP contribution in [0.2, 0.25) is 0 Å². The zero-order chi connectivity index (χ0) is 13.5. The minimum Gasteiger partial charge on any atom is -0.314 e. The Balaban J connectivity index is 2.48. The van der Waals surface area contributed by atoms with Gasteiger partial charge >= 0.3 is 0 Å². The fraction of sp³-hybridized carbons (Fsp3) is 0.467. The van der Waals surface area contributed by atoms with Gasteiger partial charge in [0.15, 0.2) is 0 Å². The molecule has 0 spiro atoms. The normalized spacial score (nSPS) is 12.2. The molecule has 0 unspecified atom stereocenters. The van der Waals surface area contributed by atoms with Crippen LogP contribution in [0.3, 0.4) is 0 Å². The molecule has 1 aromatic carbocycles. The molecule has 0 saturated carbocycles. The fourth-order valence-electron chi connectivity index (χ4n) is 1.80. The van der Waals surface area contributed by atoms with Crippen LogP contribution in [-0.2, 0) is 6.42 Å². The minimum absolute atomic E-state index is 0.482. The first-order valence-electron chi connectivity index (χ1n) is 6.31. The van der Waals surface area contributed by atoms with Crippen molar-refractivity contribution in [3.63, 3.8) is 0 Å². The van der Waals surface area contributed by atoms with E-state index in [2.05, 4.69) is 25.2 Å². The Morgan fingerprint density at radius 2 is 1.83 bits per heavy atom. The van der Waals surface area contributed by atoms with Crippen molar-refractivity contribution in [1.82, 2.24) is 5.32 Å². The smallest absolute Gasteiger partial charge is 0.126 e. The molecule has 0 aliphatic rings. The van der Waals surface area contributed by atoms with Crippen molar-refractivity contribution in [1.29, 1.82) is 0 Å². The molecule has 0 atom stereocenters. The molecular formula is C15H21F2N. The third-order valence-corrected chi connectivity index (χ3v) is 2.60. The summed E-state index contributed by atoms with van der Waals surface area (Å²) in [7, 11) is 0. The first-order chi connectivity index (χ1) is 8.47. The average Bonchev–Trinajstić information content (AvgIpc) is 2.22. The van der Waals surface area contributed by atoms with E-state index in [1.807, 2.05) is 6.92 Å². The van der Waals surface area contributed by atoms with Gasteiger partial charge in [0.2, 0.25) is 0 Å². The number of rotatable bonds is 6. The maximum absolute atomic E-state index is 13.0. The van der Waals surface area contributed by atoms with Crippen LogP contribution in [-0.4, -0.2) is 12.6 Å². The van der Waals surface area contributed by atoms with Crippen LogP contribution >= 0.6 is 0 Å². The van der Waals surface area contributed by atoms with E-state index < -0.39 is 11.6 Å². The second-order valence-electron chi connectivity index (χ2n) is 4.90. The molecule has 3 heteroatoms. The summed E-state index contributed by atoms with van der Waals surface area (Å²) in [6.45, 7) is 7.11. The summed E-state index contributed by atoms with van der Waals surface area (Å²) in [5, 5.41) is 3.32. The monoisotopic (exact) mass is 253 g/mol. The van der Waals surface area contributed by atoms with Gasteiger partial charge in [-0.2, -0.15) is 0 Å². The third-order valence-electron chi connectivity index (χ3n) is 2.60. The molecule has 18 heavy (non-hydrogen) atoms. The molecule has 0 aliphatic heterocycles. The van der Waals surface area contributed by atoms with Crippen molar-refractivity contribution >= 4 is 0 Å². The highest BCUT2D eigenvalue weighted by Crippen LogP contribution is 2.12. The molecule has 0 aliphatic carbocycles. The molecule has 0 heterocycles. The second kappa shape index (κ2) is 7.27. The Morgan fingerprint density at radius 1 is 1.22 bits per heavy atom. The van der Waals surface area contributed by atoms with E-state index in [1.165, 1.54) is 12.1 Å². The van der Waals surface area contributed by atoms with Crippen molar-refractivity contribution in [2.45, 2.75) is 39.7 Å². The quantitative estimate of drug-likeness (QED) is 0.600. The molecule has 0 aromatic heterocycles. The molecule has 0 amide bonds. The lowest BCUT2D eigenvalue weighted by Crippen LogP contribution is -2.23. The summed E-state index contributed by atoms with van der Waals surface area (Å²) in [5.41, 5.74) is 1.81. The van der Waals surface area contributed by atoms with Crippen molar-refractivity contribution in [3.05, 3.63) is 47.0 Å². The number of hydrogen-bond donors (Lipinski definition) is 1. The van der Waals surface area contributed by atoms with Crippen LogP contribution in [0, 0.1) is 11.6 Å². The minimum atomic E-state index is -0.515. The third kappa shape index (κ3) is 5.92. The number of halogens is 2. The number of nitrogens with one attached hydrogen (secondary N) is 1. The maximum atomic E-state index is 13.0. The summed E-state index contributed by atoms with van der Waals surface area (Å²) in [4.78, 5) is 0. The first-order valence-corrected chi connectivity index (χ1v) is 6.31. The van der Waals surface area contributed by atoms with E-state index in [0.717, 1.165) is 24.6 Å². The van der Waals surface area contributed by atoms with E-state index in [-0.39, 0.29) is 0 Å². The molecule has 0 bridgehead atoms. The zero-order valence-corrected chi connectivity index (χ0v) is 11.3. The molecule has 1 rings (SSSR count). The summed E-state index contributed by atoms with van der Waals surface area (Å²) in [6, 6.07) is 4.14. The van der Waals surface area contributed by atoms with Gasteiger partial charge in [-0.15, -0.1) is 0 Å². The van der Waals surface area contributed by atoms with Crippen molar-refractivity contribution in [2.75, 3.05) is 6.54 Å². The molecule has 1 nitrogen and oxygen atoms in total. The molecule has 0 radical (unpaired) electrons. The van der Waals surface area contributed by atoms with Gasteiger partial charge in [0.05, 0.1) is 0 Å². The van der Waals surface area contributed by atoms with Gasteiger partial charge in [0.25, 0.3) is 0 Å². The van der Waals surface area contributed by atoms with Crippen molar-refractivity contribution in [2.24, 2.45) is 0 Å². The Labute approximate surface area is 108 Å². The van der Waals surface area contributed by atoms with Crippen LogP contribution in [0.1, 0.15) is 32.8 Å². The van der Waals surface area contributed by atoms with Gasteiger partial charge in [-0.05, 0) is 44.0 Å². The first kappa shape index (κ1) is 14.8. The number of benzene rings is 1. The van der Waals surface area contributed by atoms with Gasteiger partial charge in [0.1, 0.15) is 11.6 Å². The zero-order valence-electron chi connectivity index (χ0n) is 11.3. The molecule has 0 fully saturated rings. The Morgan fingerprint density at radius 3 is 2.39 bits per heavy atom. The molecule has 100 valence electrons. The highest BCUT2D eigenvalue weighted by atomic mass is 19.1. The fourth-order valence-corrected chi connectivity index (χ4v) is 1.80. The summed E-state index contributed by atoms with van der Waals surface area (Å²) >= 11 is 0.